The number of aromatic hydroxyl groups is 1. The number of carbonyl (C=O) groups excluding carboxylic acids is 1. The van der Waals surface area contributed by atoms with E-state index in [1.165, 1.54) is 51.8 Å². The van der Waals surface area contributed by atoms with E-state index in [1.807, 2.05) is 0 Å². The summed E-state index contributed by atoms with van der Waals surface area (Å²) in [5.41, 5.74) is -1.29. The Bertz CT molecular complexity index is 1130. The van der Waals surface area contributed by atoms with E-state index in [0.717, 1.165) is 0 Å². The highest BCUT2D eigenvalue weighted by Crippen LogP contribution is 2.12. The molecule has 27 heavy (non-hydrogen) atoms. The highest BCUT2D eigenvalue weighted by molar-refractivity contribution is 5.94. The molecule has 0 saturated heterocycles. The van der Waals surface area contributed by atoms with Crippen LogP contribution < -0.4 is 16.3 Å². The van der Waals surface area contributed by atoms with Gasteiger partial charge in [-0.3, -0.25) is 14.4 Å². The summed E-state index contributed by atoms with van der Waals surface area (Å²) < 4.78 is 15.6. The minimum atomic E-state index is -0.926. The summed E-state index contributed by atoms with van der Waals surface area (Å²) in [6, 6.07) is 5.38. The summed E-state index contributed by atoms with van der Waals surface area (Å²) in [4.78, 5) is 37.2. The first kappa shape index (κ1) is 18.4. The van der Waals surface area contributed by atoms with E-state index in [9.17, 15) is 23.9 Å². The Morgan fingerprint density at radius 1 is 1.19 bits per heavy atom. The first-order valence-corrected chi connectivity index (χ1v) is 8.31. The maximum atomic E-state index is 12.9. The van der Waals surface area contributed by atoms with Gasteiger partial charge in [0.05, 0.1) is 0 Å². The van der Waals surface area contributed by atoms with Crippen LogP contribution in [0.3, 0.4) is 0 Å². The van der Waals surface area contributed by atoms with Crippen molar-refractivity contribution in [2.45, 2.75) is 26.4 Å². The van der Waals surface area contributed by atoms with Crippen molar-refractivity contribution < 1.29 is 14.3 Å². The zero-order chi connectivity index (χ0) is 19.7. The van der Waals surface area contributed by atoms with E-state index < -0.39 is 28.5 Å². The number of rotatable bonds is 4. The number of hydrogen-bond donors (Lipinski definition) is 2. The summed E-state index contributed by atoms with van der Waals surface area (Å²) in [5, 5.41) is 12.8. The zero-order valence-corrected chi connectivity index (χ0v) is 14.8. The molecule has 0 aliphatic heterocycles. The number of fused-ring (bicyclic) bond motifs is 1. The van der Waals surface area contributed by atoms with Gasteiger partial charge in [0.25, 0.3) is 11.5 Å². The Kier molecular flexibility index (Phi) is 4.81. The van der Waals surface area contributed by atoms with Crippen molar-refractivity contribution in [3.8, 4) is 5.75 Å². The lowest BCUT2D eigenvalue weighted by molar-refractivity contribution is 0.0949. The monoisotopic (exact) mass is 371 g/mol. The van der Waals surface area contributed by atoms with Gasteiger partial charge >= 0.3 is 0 Å². The highest BCUT2D eigenvalue weighted by Gasteiger charge is 2.19. The van der Waals surface area contributed by atoms with Crippen LogP contribution in [-0.4, -0.2) is 20.0 Å². The molecule has 0 aliphatic rings. The van der Waals surface area contributed by atoms with Gasteiger partial charge < -0.3 is 19.4 Å². The second-order valence-electron chi connectivity index (χ2n) is 6.39. The molecule has 140 valence electrons. The normalized spacial score (nSPS) is 11.1. The molecule has 0 radical (unpaired) electrons. The molecule has 0 spiro atoms. The number of benzene rings is 1. The van der Waals surface area contributed by atoms with Gasteiger partial charge in [0.1, 0.15) is 11.4 Å². The molecule has 1 aromatic carbocycles. The van der Waals surface area contributed by atoms with Crippen LogP contribution in [0, 0.1) is 5.82 Å². The molecule has 8 heteroatoms. The lowest BCUT2D eigenvalue weighted by atomic mass is 10.2. The van der Waals surface area contributed by atoms with Crippen LogP contribution in [0.2, 0.25) is 0 Å². The second kappa shape index (κ2) is 7.06. The molecule has 0 fully saturated rings. The van der Waals surface area contributed by atoms with E-state index >= 15 is 0 Å². The number of nitrogens with one attached hydrogen (secondary N) is 1. The molecule has 0 unspecified atom stereocenters. The van der Waals surface area contributed by atoms with Gasteiger partial charge in [0.15, 0.2) is 11.3 Å². The second-order valence-corrected chi connectivity index (χ2v) is 6.39. The molecule has 0 saturated carbocycles. The van der Waals surface area contributed by atoms with Crippen molar-refractivity contribution in [2.24, 2.45) is 0 Å². The van der Waals surface area contributed by atoms with Crippen LogP contribution in [0.4, 0.5) is 4.39 Å². The topological polar surface area (TPSA) is 92.8 Å². The molecule has 2 heterocycles. The molecule has 3 rings (SSSR count). The Hall–Kier alpha value is -3.42. The summed E-state index contributed by atoms with van der Waals surface area (Å²) in [6.45, 7) is 3.67. The molecular weight excluding hydrogens is 353 g/mol. The quantitative estimate of drug-likeness (QED) is 0.732. The van der Waals surface area contributed by atoms with E-state index in [0.29, 0.717) is 5.56 Å². The van der Waals surface area contributed by atoms with Crippen molar-refractivity contribution in [3.05, 3.63) is 80.4 Å². The fraction of sp³-hybridized carbons (Fsp3) is 0.211. The van der Waals surface area contributed by atoms with E-state index in [2.05, 4.69) is 5.32 Å². The fourth-order valence-corrected chi connectivity index (χ4v) is 2.73. The third kappa shape index (κ3) is 3.46. The molecule has 1 amide bonds. The molecule has 0 bridgehead atoms. The minimum Gasteiger partial charge on any atom is -0.503 e. The van der Waals surface area contributed by atoms with Crippen LogP contribution in [0.5, 0.6) is 5.75 Å². The van der Waals surface area contributed by atoms with Crippen LogP contribution in [-0.2, 0) is 6.54 Å². The average molecular weight is 371 g/mol. The van der Waals surface area contributed by atoms with Gasteiger partial charge in [-0.25, -0.2) is 4.39 Å². The molecule has 3 aromatic rings. The number of pyridine rings is 1. The third-order valence-corrected chi connectivity index (χ3v) is 4.20. The van der Waals surface area contributed by atoms with Gasteiger partial charge in [-0.1, -0.05) is 12.1 Å². The third-order valence-electron chi connectivity index (χ3n) is 4.20. The number of carbonyl (C=O) groups is 1. The summed E-state index contributed by atoms with van der Waals surface area (Å²) in [7, 11) is 0. The first-order chi connectivity index (χ1) is 12.8. The standard InChI is InChI=1S/C19H18FN3O4/c1-11(2)23-8-7-22-10-14(16(24)17(25)15(22)19(23)27)18(26)21-9-12-3-5-13(20)6-4-12/h3-8,10-11,25H,9H2,1-2H3,(H,21,26). The Labute approximate surface area is 153 Å². The summed E-state index contributed by atoms with van der Waals surface area (Å²) >= 11 is 0. The molecule has 2 aromatic heterocycles. The lowest BCUT2D eigenvalue weighted by Crippen LogP contribution is -2.31. The van der Waals surface area contributed by atoms with Crippen LogP contribution in [0.1, 0.15) is 35.8 Å². The summed E-state index contributed by atoms with van der Waals surface area (Å²) in [6.07, 6.45) is 4.22. The molecule has 2 N–H and O–H groups in total. The van der Waals surface area contributed by atoms with Gasteiger partial charge in [-0.2, -0.15) is 0 Å². The molecular formula is C19H18FN3O4. The molecule has 0 aliphatic carbocycles. The van der Waals surface area contributed by atoms with E-state index in [-0.39, 0.29) is 23.7 Å². The number of halogens is 1. The maximum absolute atomic E-state index is 12.9. The number of nitrogens with zero attached hydrogens (tertiary/aromatic N) is 2. The predicted molar refractivity (Wildman–Crippen MR) is 97.5 cm³/mol. The van der Waals surface area contributed by atoms with E-state index in [1.54, 1.807) is 13.8 Å². The smallest absolute Gasteiger partial charge is 0.279 e. The van der Waals surface area contributed by atoms with Crippen molar-refractivity contribution >= 4 is 11.4 Å². The molecule has 7 nitrogen and oxygen atoms in total. The zero-order valence-electron chi connectivity index (χ0n) is 14.8. The van der Waals surface area contributed by atoms with Crippen LogP contribution in [0.15, 0.2) is 52.4 Å². The fourth-order valence-electron chi connectivity index (χ4n) is 2.73. The predicted octanol–water partition coefficient (Wildman–Crippen LogP) is 1.82. The SMILES string of the molecule is CC(C)n1ccn2cc(C(=O)NCc3ccc(F)cc3)c(=O)c(O)c2c1=O. The number of amides is 1. The minimum absolute atomic E-state index is 0.0803. The van der Waals surface area contributed by atoms with Gasteiger partial charge in [-0.05, 0) is 31.5 Å². The van der Waals surface area contributed by atoms with Gasteiger partial charge in [0.2, 0.25) is 5.43 Å². The van der Waals surface area contributed by atoms with Crippen LogP contribution in [0.25, 0.3) is 5.52 Å². The Morgan fingerprint density at radius 2 is 1.85 bits per heavy atom. The number of aromatic nitrogens is 2. The van der Waals surface area contributed by atoms with Gasteiger partial charge in [-0.15, -0.1) is 0 Å². The number of hydrogen-bond acceptors (Lipinski definition) is 4. The highest BCUT2D eigenvalue weighted by atomic mass is 19.1. The van der Waals surface area contributed by atoms with E-state index in [4.69, 9.17) is 0 Å². The van der Waals surface area contributed by atoms with Crippen molar-refractivity contribution in [1.82, 2.24) is 14.3 Å². The Balaban J connectivity index is 1.97. The summed E-state index contributed by atoms with van der Waals surface area (Å²) in [5.74, 6) is -1.87. The average Bonchev–Trinajstić information content (AvgIpc) is 2.63. The largest absolute Gasteiger partial charge is 0.503 e. The lowest BCUT2D eigenvalue weighted by Gasteiger charge is -2.13. The first-order valence-electron chi connectivity index (χ1n) is 8.31. The van der Waals surface area contributed by atoms with Crippen molar-refractivity contribution in [3.63, 3.8) is 0 Å². The Morgan fingerprint density at radius 3 is 2.48 bits per heavy atom. The van der Waals surface area contributed by atoms with Gasteiger partial charge in [0, 0.05) is 31.2 Å². The maximum Gasteiger partial charge on any atom is 0.279 e. The van der Waals surface area contributed by atoms with Crippen molar-refractivity contribution in [1.29, 1.82) is 0 Å². The molecule has 0 atom stereocenters. The van der Waals surface area contributed by atoms with Crippen LogP contribution >= 0.6 is 0 Å². The van der Waals surface area contributed by atoms with Crippen molar-refractivity contribution in [2.75, 3.05) is 0 Å².